The quantitative estimate of drug-likeness (QED) is 0.795. The van der Waals surface area contributed by atoms with Gasteiger partial charge in [0.1, 0.15) is 11.5 Å². The number of hydrogen-bond donors (Lipinski definition) is 0. The summed E-state index contributed by atoms with van der Waals surface area (Å²) < 4.78 is 31.6. The fraction of sp³-hybridized carbons (Fsp3) is 0.300. The number of benzene rings is 1. The molecule has 0 atom stereocenters. The molecule has 0 aliphatic rings. The van der Waals surface area contributed by atoms with Crippen molar-refractivity contribution < 1.29 is 18.3 Å². The van der Waals surface area contributed by atoms with E-state index in [0.717, 1.165) is 6.07 Å². The lowest BCUT2D eigenvalue weighted by atomic mass is 10.1. The Kier molecular flexibility index (Phi) is 3.79. The van der Waals surface area contributed by atoms with Crippen molar-refractivity contribution >= 4 is 21.7 Å². The van der Waals surface area contributed by atoms with Crippen molar-refractivity contribution in [1.29, 1.82) is 0 Å². The van der Waals surface area contributed by atoms with Crippen LogP contribution in [0, 0.1) is 11.6 Å². The van der Waals surface area contributed by atoms with E-state index >= 15 is 0 Å². The van der Waals surface area contributed by atoms with Crippen molar-refractivity contribution in [3.8, 4) is 5.75 Å². The molecule has 0 saturated carbocycles. The highest BCUT2D eigenvalue weighted by molar-refractivity contribution is 9.10. The van der Waals surface area contributed by atoms with Crippen LogP contribution in [0.2, 0.25) is 0 Å². The number of carbonyl (C=O) groups excluding carboxylic acids is 1. The molecule has 0 spiro atoms. The van der Waals surface area contributed by atoms with Gasteiger partial charge in [-0.15, -0.1) is 0 Å². The average Bonchev–Trinajstić information content (AvgIpc) is 2.13. The summed E-state index contributed by atoms with van der Waals surface area (Å²) in [5, 5.41) is 0. The number of halogens is 3. The Balaban J connectivity index is 3.36. The molecule has 82 valence electrons. The second kappa shape index (κ2) is 4.70. The molecule has 0 bridgehead atoms. The minimum atomic E-state index is -1.04. The molecule has 0 aromatic heterocycles. The molecule has 1 aromatic carbocycles. The summed E-state index contributed by atoms with van der Waals surface area (Å²) in [6.45, 7) is 1.30. The molecule has 0 aliphatic heterocycles. The first-order valence-electron chi connectivity index (χ1n) is 4.17. The molecule has 1 aromatic rings. The predicted octanol–water partition coefficient (Wildman–Crippen LogP) is 2.87. The van der Waals surface area contributed by atoms with Crippen LogP contribution in [0.4, 0.5) is 8.78 Å². The van der Waals surface area contributed by atoms with E-state index in [1.54, 1.807) is 0 Å². The first-order valence-corrected chi connectivity index (χ1v) is 4.96. The van der Waals surface area contributed by atoms with E-state index < -0.39 is 11.6 Å². The van der Waals surface area contributed by atoms with Crippen molar-refractivity contribution in [3.05, 3.63) is 27.7 Å². The SMILES string of the molecule is COc1c(Br)cc(F)c(F)c1CC(C)=O. The van der Waals surface area contributed by atoms with Gasteiger partial charge in [0, 0.05) is 12.0 Å². The number of ketones is 1. The Hall–Kier alpha value is -0.970. The van der Waals surface area contributed by atoms with Crippen LogP contribution < -0.4 is 4.74 Å². The zero-order valence-corrected chi connectivity index (χ0v) is 9.82. The topological polar surface area (TPSA) is 26.3 Å². The molecule has 0 aliphatic carbocycles. The van der Waals surface area contributed by atoms with Crippen LogP contribution in [0.3, 0.4) is 0 Å². The van der Waals surface area contributed by atoms with E-state index in [2.05, 4.69) is 15.9 Å². The van der Waals surface area contributed by atoms with Gasteiger partial charge in [0.05, 0.1) is 11.6 Å². The number of methoxy groups -OCH3 is 1. The lowest BCUT2D eigenvalue weighted by molar-refractivity contribution is -0.116. The minimum absolute atomic E-state index is 0.0584. The van der Waals surface area contributed by atoms with Crippen LogP contribution >= 0.6 is 15.9 Å². The molecule has 0 saturated heterocycles. The third kappa shape index (κ3) is 2.53. The summed E-state index contributed by atoms with van der Waals surface area (Å²) in [6.07, 6.45) is -0.189. The summed E-state index contributed by atoms with van der Waals surface area (Å²) in [7, 11) is 1.33. The van der Waals surface area contributed by atoms with E-state index in [-0.39, 0.29) is 23.5 Å². The van der Waals surface area contributed by atoms with Gasteiger partial charge < -0.3 is 4.74 Å². The average molecular weight is 279 g/mol. The van der Waals surface area contributed by atoms with Crippen LogP contribution in [0.5, 0.6) is 5.75 Å². The zero-order chi connectivity index (χ0) is 11.6. The Labute approximate surface area is 94.4 Å². The summed E-state index contributed by atoms with van der Waals surface area (Å²) in [5.74, 6) is -2.14. The van der Waals surface area contributed by atoms with E-state index in [4.69, 9.17) is 4.74 Å². The Morgan fingerprint density at radius 3 is 2.60 bits per heavy atom. The fourth-order valence-electron chi connectivity index (χ4n) is 1.26. The largest absolute Gasteiger partial charge is 0.495 e. The standard InChI is InChI=1S/C10H9BrF2O2/c1-5(14)3-6-9(13)8(12)4-7(11)10(6)15-2/h4H,3H2,1-2H3. The first kappa shape index (κ1) is 12.1. The third-order valence-electron chi connectivity index (χ3n) is 1.85. The summed E-state index contributed by atoms with van der Waals surface area (Å²) in [6, 6.07) is 0.970. The van der Waals surface area contributed by atoms with Crippen molar-refractivity contribution in [2.24, 2.45) is 0 Å². The van der Waals surface area contributed by atoms with E-state index in [1.807, 2.05) is 0 Å². The zero-order valence-electron chi connectivity index (χ0n) is 8.23. The highest BCUT2D eigenvalue weighted by Gasteiger charge is 2.19. The first-order chi connectivity index (χ1) is 6.97. The lowest BCUT2D eigenvalue weighted by Crippen LogP contribution is -2.05. The summed E-state index contributed by atoms with van der Waals surface area (Å²) in [5.41, 5.74) is -0.0584. The molecule has 0 radical (unpaired) electrons. The number of Topliss-reactive ketones (excluding diaryl/α,β-unsaturated/α-hetero) is 1. The highest BCUT2D eigenvalue weighted by Crippen LogP contribution is 2.33. The smallest absolute Gasteiger partial charge is 0.166 e. The van der Waals surface area contributed by atoms with Gasteiger partial charge in [0.25, 0.3) is 0 Å². The van der Waals surface area contributed by atoms with Gasteiger partial charge in [-0.05, 0) is 28.9 Å². The van der Waals surface area contributed by atoms with Crippen LogP contribution in [-0.2, 0) is 11.2 Å². The normalized spacial score (nSPS) is 10.2. The second-order valence-corrected chi connectivity index (χ2v) is 3.90. The van der Waals surface area contributed by atoms with E-state index in [0.29, 0.717) is 4.47 Å². The van der Waals surface area contributed by atoms with Crippen molar-refractivity contribution in [1.82, 2.24) is 0 Å². The maximum absolute atomic E-state index is 13.4. The third-order valence-corrected chi connectivity index (χ3v) is 2.44. The second-order valence-electron chi connectivity index (χ2n) is 3.04. The van der Waals surface area contributed by atoms with Gasteiger partial charge in [0.2, 0.25) is 0 Å². The van der Waals surface area contributed by atoms with Crippen LogP contribution in [0.1, 0.15) is 12.5 Å². The molecule has 1 rings (SSSR count). The Morgan fingerprint density at radius 2 is 2.13 bits per heavy atom. The summed E-state index contributed by atoms with van der Waals surface area (Å²) >= 11 is 3.04. The van der Waals surface area contributed by atoms with Gasteiger partial charge in [-0.1, -0.05) is 0 Å². The van der Waals surface area contributed by atoms with Crippen molar-refractivity contribution in [3.63, 3.8) is 0 Å². The van der Waals surface area contributed by atoms with Crippen LogP contribution in [0.25, 0.3) is 0 Å². The van der Waals surface area contributed by atoms with Gasteiger partial charge in [-0.2, -0.15) is 0 Å². The Bertz CT molecular complexity index is 405. The molecule has 2 nitrogen and oxygen atoms in total. The van der Waals surface area contributed by atoms with E-state index in [1.165, 1.54) is 14.0 Å². The molecule has 15 heavy (non-hydrogen) atoms. The van der Waals surface area contributed by atoms with Gasteiger partial charge in [-0.3, -0.25) is 4.79 Å². The van der Waals surface area contributed by atoms with Crippen LogP contribution in [-0.4, -0.2) is 12.9 Å². The molecule has 0 unspecified atom stereocenters. The highest BCUT2D eigenvalue weighted by atomic mass is 79.9. The molecule has 0 heterocycles. The number of ether oxygens (including phenoxy) is 1. The van der Waals surface area contributed by atoms with Crippen molar-refractivity contribution in [2.45, 2.75) is 13.3 Å². The summed E-state index contributed by atoms with van der Waals surface area (Å²) in [4.78, 5) is 10.9. The lowest BCUT2D eigenvalue weighted by Gasteiger charge is -2.10. The fourth-order valence-corrected chi connectivity index (χ4v) is 1.86. The molecular formula is C10H9BrF2O2. The maximum atomic E-state index is 13.4. The van der Waals surface area contributed by atoms with Gasteiger partial charge >= 0.3 is 0 Å². The predicted molar refractivity (Wildman–Crippen MR) is 55.0 cm³/mol. The monoisotopic (exact) mass is 278 g/mol. The van der Waals surface area contributed by atoms with Gasteiger partial charge in [0.15, 0.2) is 11.6 Å². The Morgan fingerprint density at radius 1 is 1.53 bits per heavy atom. The molecular weight excluding hydrogens is 270 g/mol. The minimum Gasteiger partial charge on any atom is -0.495 e. The molecule has 0 amide bonds. The maximum Gasteiger partial charge on any atom is 0.166 e. The molecule has 0 N–H and O–H groups in total. The van der Waals surface area contributed by atoms with E-state index in [9.17, 15) is 13.6 Å². The molecule has 0 fully saturated rings. The van der Waals surface area contributed by atoms with Gasteiger partial charge in [-0.25, -0.2) is 8.78 Å². The number of hydrogen-bond acceptors (Lipinski definition) is 2. The number of carbonyl (C=O) groups is 1. The van der Waals surface area contributed by atoms with Crippen LogP contribution in [0.15, 0.2) is 10.5 Å². The molecule has 5 heteroatoms. The number of rotatable bonds is 3. The van der Waals surface area contributed by atoms with Crippen molar-refractivity contribution in [2.75, 3.05) is 7.11 Å².